The van der Waals surface area contributed by atoms with Crippen molar-refractivity contribution in [1.29, 1.82) is 0 Å². The van der Waals surface area contributed by atoms with Gasteiger partial charge in [-0.3, -0.25) is 4.79 Å². The molecule has 0 fully saturated rings. The molecular formula is C14H14FNO2. The van der Waals surface area contributed by atoms with E-state index in [0.717, 1.165) is 16.9 Å². The number of carbonyl (C=O) groups is 1. The molecule has 0 aliphatic carbocycles. The molecule has 2 aromatic rings. The number of benzene rings is 1. The maximum absolute atomic E-state index is 12.7. The average Bonchev–Trinajstić information content (AvgIpc) is 2.69. The van der Waals surface area contributed by atoms with Crippen molar-refractivity contribution in [2.24, 2.45) is 0 Å². The molecule has 0 aliphatic rings. The Kier molecular flexibility index (Phi) is 3.46. The number of rotatable bonds is 3. The van der Waals surface area contributed by atoms with Gasteiger partial charge >= 0.3 is 0 Å². The summed E-state index contributed by atoms with van der Waals surface area (Å²) in [4.78, 5) is 11.8. The Morgan fingerprint density at radius 2 is 1.94 bits per heavy atom. The van der Waals surface area contributed by atoms with Crippen molar-refractivity contribution in [3.05, 3.63) is 58.8 Å². The van der Waals surface area contributed by atoms with Gasteiger partial charge in [-0.05, 0) is 43.2 Å². The standard InChI is InChI=1S/C14H14FNO2/c1-9-7-13(18-10(9)2)14(17)16-8-11-3-5-12(15)6-4-11/h3-7H,8H2,1-2H3,(H,16,17). The Balaban J connectivity index is 1.98. The minimum atomic E-state index is -0.289. The molecule has 0 saturated heterocycles. The van der Waals surface area contributed by atoms with Gasteiger partial charge in [-0.2, -0.15) is 0 Å². The van der Waals surface area contributed by atoms with Gasteiger partial charge in [0.05, 0.1) is 0 Å². The smallest absolute Gasteiger partial charge is 0.287 e. The maximum Gasteiger partial charge on any atom is 0.287 e. The van der Waals surface area contributed by atoms with Gasteiger partial charge in [-0.1, -0.05) is 12.1 Å². The molecule has 0 saturated carbocycles. The number of carbonyl (C=O) groups excluding carboxylic acids is 1. The second kappa shape index (κ2) is 5.04. The van der Waals surface area contributed by atoms with E-state index >= 15 is 0 Å². The zero-order chi connectivity index (χ0) is 13.1. The molecule has 1 aromatic heterocycles. The number of furan rings is 1. The van der Waals surface area contributed by atoms with E-state index in [1.54, 1.807) is 18.2 Å². The third-order valence-electron chi connectivity index (χ3n) is 2.76. The number of aryl methyl sites for hydroxylation is 2. The van der Waals surface area contributed by atoms with Gasteiger partial charge in [0.1, 0.15) is 11.6 Å². The van der Waals surface area contributed by atoms with Crippen LogP contribution in [0.5, 0.6) is 0 Å². The van der Waals surface area contributed by atoms with Crippen molar-refractivity contribution in [2.75, 3.05) is 0 Å². The van der Waals surface area contributed by atoms with Crippen LogP contribution in [0.25, 0.3) is 0 Å². The Labute approximate surface area is 105 Å². The number of hydrogen-bond donors (Lipinski definition) is 1. The number of halogens is 1. The van der Waals surface area contributed by atoms with Gasteiger partial charge in [-0.15, -0.1) is 0 Å². The van der Waals surface area contributed by atoms with Gasteiger partial charge < -0.3 is 9.73 Å². The first-order valence-corrected chi connectivity index (χ1v) is 5.66. The van der Waals surface area contributed by atoms with Crippen LogP contribution in [0.3, 0.4) is 0 Å². The van der Waals surface area contributed by atoms with E-state index < -0.39 is 0 Å². The van der Waals surface area contributed by atoms with Gasteiger partial charge in [0.2, 0.25) is 0 Å². The van der Waals surface area contributed by atoms with E-state index in [1.807, 2.05) is 13.8 Å². The van der Waals surface area contributed by atoms with Crippen LogP contribution in [0.15, 0.2) is 34.7 Å². The molecule has 1 heterocycles. The van der Waals surface area contributed by atoms with Crippen molar-refractivity contribution in [2.45, 2.75) is 20.4 Å². The van der Waals surface area contributed by atoms with Gasteiger partial charge in [0.15, 0.2) is 5.76 Å². The third kappa shape index (κ3) is 2.77. The third-order valence-corrected chi connectivity index (χ3v) is 2.76. The Morgan fingerprint density at radius 3 is 2.50 bits per heavy atom. The lowest BCUT2D eigenvalue weighted by molar-refractivity contribution is 0.0922. The van der Waals surface area contributed by atoms with Crippen molar-refractivity contribution >= 4 is 5.91 Å². The van der Waals surface area contributed by atoms with Gasteiger partial charge in [-0.25, -0.2) is 4.39 Å². The molecular weight excluding hydrogens is 233 g/mol. The monoisotopic (exact) mass is 247 g/mol. The highest BCUT2D eigenvalue weighted by atomic mass is 19.1. The average molecular weight is 247 g/mol. The second-order valence-electron chi connectivity index (χ2n) is 4.16. The first-order chi connectivity index (χ1) is 8.56. The summed E-state index contributed by atoms with van der Waals surface area (Å²) in [5.41, 5.74) is 1.78. The first kappa shape index (κ1) is 12.4. The van der Waals surface area contributed by atoms with Crippen molar-refractivity contribution in [3.63, 3.8) is 0 Å². The fourth-order valence-electron chi connectivity index (χ4n) is 1.56. The van der Waals surface area contributed by atoms with E-state index in [-0.39, 0.29) is 11.7 Å². The van der Waals surface area contributed by atoms with E-state index in [0.29, 0.717) is 12.3 Å². The predicted octanol–water partition coefficient (Wildman–Crippen LogP) is 2.97. The minimum Gasteiger partial charge on any atom is -0.456 e. The van der Waals surface area contributed by atoms with E-state index in [1.165, 1.54) is 12.1 Å². The normalized spacial score (nSPS) is 10.4. The van der Waals surface area contributed by atoms with E-state index in [2.05, 4.69) is 5.32 Å². The number of amides is 1. The van der Waals surface area contributed by atoms with Crippen LogP contribution in [0, 0.1) is 19.7 Å². The number of hydrogen-bond acceptors (Lipinski definition) is 2. The summed E-state index contributed by atoms with van der Waals surface area (Å²) in [6.45, 7) is 4.04. The van der Waals surface area contributed by atoms with E-state index in [9.17, 15) is 9.18 Å². The molecule has 1 aromatic carbocycles. The minimum absolute atomic E-state index is 0.268. The Morgan fingerprint density at radius 1 is 1.28 bits per heavy atom. The number of nitrogens with one attached hydrogen (secondary N) is 1. The largest absolute Gasteiger partial charge is 0.456 e. The van der Waals surface area contributed by atoms with Crippen LogP contribution in [0.4, 0.5) is 4.39 Å². The fraction of sp³-hybridized carbons (Fsp3) is 0.214. The molecule has 0 spiro atoms. The molecule has 0 radical (unpaired) electrons. The van der Waals surface area contributed by atoms with Crippen molar-refractivity contribution in [3.8, 4) is 0 Å². The molecule has 2 rings (SSSR count). The molecule has 0 bridgehead atoms. The van der Waals surface area contributed by atoms with Crippen molar-refractivity contribution < 1.29 is 13.6 Å². The lowest BCUT2D eigenvalue weighted by Gasteiger charge is -2.03. The second-order valence-corrected chi connectivity index (χ2v) is 4.16. The van der Waals surface area contributed by atoms with Crippen LogP contribution in [0.1, 0.15) is 27.4 Å². The van der Waals surface area contributed by atoms with Gasteiger partial charge in [0.25, 0.3) is 5.91 Å². The van der Waals surface area contributed by atoms with Crippen LogP contribution in [-0.4, -0.2) is 5.91 Å². The van der Waals surface area contributed by atoms with Gasteiger partial charge in [0, 0.05) is 6.54 Å². The lowest BCUT2D eigenvalue weighted by Crippen LogP contribution is -2.22. The summed E-state index contributed by atoms with van der Waals surface area (Å²) in [7, 11) is 0. The van der Waals surface area contributed by atoms with Crippen LogP contribution >= 0.6 is 0 Å². The fourth-order valence-corrected chi connectivity index (χ4v) is 1.56. The topological polar surface area (TPSA) is 42.2 Å². The quantitative estimate of drug-likeness (QED) is 0.906. The predicted molar refractivity (Wildman–Crippen MR) is 65.8 cm³/mol. The highest BCUT2D eigenvalue weighted by Gasteiger charge is 2.11. The molecule has 4 heteroatoms. The zero-order valence-electron chi connectivity index (χ0n) is 10.3. The van der Waals surface area contributed by atoms with Crippen LogP contribution < -0.4 is 5.32 Å². The lowest BCUT2D eigenvalue weighted by atomic mass is 10.2. The molecule has 0 atom stereocenters. The van der Waals surface area contributed by atoms with Crippen molar-refractivity contribution in [1.82, 2.24) is 5.32 Å². The summed E-state index contributed by atoms with van der Waals surface area (Å²) in [5, 5.41) is 2.72. The Bertz CT molecular complexity index is 538. The highest BCUT2D eigenvalue weighted by Crippen LogP contribution is 2.13. The Hall–Kier alpha value is -2.10. The SMILES string of the molecule is Cc1cc(C(=O)NCc2ccc(F)cc2)oc1C. The molecule has 3 nitrogen and oxygen atoms in total. The maximum atomic E-state index is 12.7. The summed E-state index contributed by atoms with van der Waals surface area (Å²) in [6.07, 6.45) is 0. The summed E-state index contributed by atoms with van der Waals surface area (Å²) in [6, 6.07) is 7.70. The first-order valence-electron chi connectivity index (χ1n) is 5.66. The van der Waals surface area contributed by atoms with Crippen LogP contribution in [-0.2, 0) is 6.54 Å². The molecule has 1 amide bonds. The van der Waals surface area contributed by atoms with Crippen LogP contribution in [0.2, 0.25) is 0 Å². The molecule has 1 N–H and O–H groups in total. The zero-order valence-corrected chi connectivity index (χ0v) is 10.3. The summed E-state index contributed by atoms with van der Waals surface area (Å²) in [5.74, 6) is 0.479. The molecule has 0 aliphatic heterocycles. The molecule has 0 unspecified atom stereocenters. The summed E-state index contributed by atoms with van der Waals surface area (Å²) < 4.78 is 18.0. The summed E-state index contributed by atoms with van der Waals surface area (Å²) >= 11 is 0. The highest BCUT2D eigenvalue weighted by molar-refractivity contribution is 5.91. The molecule has 94 valence electrons. The van der Waals surface area contributed by atoms with E-state index in [4.69, 9.17) is 4.42 Å². The molecule has 18 heavy (non-hydrogen) atoms.